The molecular weight excluding hydrogens is 373 g/mol. The minimum Gasteiger partial charge on any atom is -0.457 e. The summed E-state index contributed by atoms with van der Waals surface area (Å²) < 4.78 is 5.40. The first-order valence-electron chi connectivity index (χ1n) is 8.38. The van der Waals surface area contributed by atoms with Crippen molar-refractivity contribution in [3.8, 4) is 0 Å². The van der Waals surface area contributed by atoms with Crippen molar-refractivity contribution in [3.63, 3.8) is 0 Å². The van der Waals surface area contributed by atoms with Crippen molar-refractivity contribution in [3.05, 3.63) is 69.7 Å². The van der Waals surface area contributed by atoms with E-state index in [9.17, 15) is 9.59 Å². The molecule has 1 aliphatic rings. The number of hydrogen-bond donors (Lipinski definition) is 0. The summed E-state index contributed by atoms with van der Waals surface area (Å²) in [5.74, 6) is -0.960. The van der Waals surface area contributed by atoms with Crippen molar-refractivity contribution in [2.24, 2.45) is 5.92 Å². The van der Waals surface area contributed by atoms with Crippen LogP contribution >= 0.6 is 23.2 Å². The number of nitrogens with zero attached hydrogens (tertiary/aromatic N) is 1. The fraction of sp³-hybridized carbons (Fsp3) is 0.300. The quantitative estimate of drug-likeness (QED) is 0.713. The van der Waals surface area contributed by atoms with Gasteiger partial charge < -0.3 is 9.64 Å². The second-order valence-corrected chi connectivity index (χ2v) is 7.28. The zero-order valence-corrected chi connectivity index (χ0v) is 15.8. The van der Waals surface area contributed by atoms with Crippen LogP contribution in [-0.4, -0.2) is 30.4 Å². The topological polar surface area (TPSA) is 46.6 Å². The molecule has 4 nitrogen and oxygen atoms in total. The van der Waals surface area contributed by atoms with Crippen LogP contribution < -0.4 is 0 Å². The third-order valence-corrected chi connectivity index (χ3v) is 5.06. The van der Waals surface area contributed by atoms with Crippen LogP contribution in [0.3, 0.4) is 0 Å². The Balaban J connectivity index is 1.67. The van der Waals surface area contributed by atoms with E-state index in [2.05, 4.69) is 0 Å². The minimum absolute atomic E-state index is 0.0928. The molecule has 0 saturated carbocycles. The Morgan fingerprint density at radius 3 is 2.27 bits per heavy atom. The first-order chi connectivity index (χ1) is 12.4. The van der Waals surface area contributed by atoms with Gasteiger partial charge in [0.2, 0.25) is 5.91 Å². The van der Waals surface area contributed by atoms with Crippen LogP contribution in [0.5, 0.6) is 0 Å². The summed E-state index contributed by atoms with van der Waals surface area (Å²) in [6, 6.07) is 14.6. The predicted molar refractivity (Wildman–Crippen MR) is 101 cm³/mol. The van der Waals surface area contributed by atoms with Crippen LogP contribution in [0.1, 0.15) is 23.7 Å². The van der Waals surface area contributed by atoms with Crippen molar-refractivity contribution < 1.29 is 14.3 Å². The second kappa shape index (κ2) is 8.11. The fourth-order valence-corrected chi connectivity index (χ4v) is 3.32. The summed E-state index contributed by atoms with van der Waals surface area (Å²) in [4.78, 5) is 26.3. The maximum absolute atomic E-state index is 12.9. The monoisotopic (exact) mass is 391 g/mol. The summed E-state index contributed by atoms with van der Waals surface area (Å²) in [7, 11) is 1.75. The van der Waals surface area contributed by atoms with Crippen LogP contribution in [0, 0.1) is 5.92 Å². The Hall–Kier alpha value is -2.04. The van der Waals surface area contributed by atoms with Crippen LogP contribution in [-0.2, 0) is 20.7 Å². The minimum atomic E-state index is -0.565. The van der Waals surface area contributed by atoms with E-state index in [1.807, 2.05) is 24.3 Å². The summed E-state index contributed by atoms with van der Waals surface area (Å²) in [6.07, 6.45) is 0.245. The molecule has 0 aromatic heterocycles. The van der Waals surface area contributed by atoms with E-state index in [1.165, 1.54) is 0 Å². The SMILES string of the molecule is CN(CCc1ccc(Cl)cc1)C(=O)[C@@H]1CC(=O)OC1c1ccc(Cl)cc1. The molecule has 2 aromatic rings. The Kier molecular flexibility index (Phi) is 5.84. The Morgan fingerprint density at radius 1 is 1.08 bits per heavy atom. The Labute approximate surface area is 162 Å². The van der Waals surface area contributed by atoms with Crippen molar-refractivity contribution >= 4 is 35.1 Å². The summed E-state index contributed by atoms with van der Waals surface area (Å²) in [5, 5.41) is 1.28. The second-order valence-electron chi connectivity index (χ2n) is 6.41. The molecule has 1 fully saturated rings. The smallest absolute Gasteiger partial charge is 0.307 e. The molecule has 136 valence electrons. The first-order valence-corrected chi connectivity index (χ1v) is 9.14. The van der Waals surface area contributed by atoms with Crippen molar-refractivity contribution in [2.75, 3.05) is 13.6 Å². The molecule has 0 N–H and O–H groups in total. The molecule has 6 heteroatoms. The fourth-order valence-electron chi connectivity index (χ4n) is 3.07. The van der Waals surface area contributed by atoms with E-state index in [1.54, 1.807) is 36.2 Å². The number of halogens is 2. The summed E-state index contributed by atoms with van der Waals surface area (Å²) in [6.45, 7) is 0.554. The molecule has 1 aliphatic heterocycles. The van der Waals surface area contributed by atoms with E-state index in [0.717, 1.165) is 11.1 Å². The number of likely N-dealkylation sites (N-methyl/N-ethyl adjacent to an activating group) is 1. The average Bonchev–Trinajstić information content (AvgIpc) is 3.02. The van der Waals surface area contributed by atoms with Gasteiger partial charge in [0.1, 0.15) is 6.10 Å². The van der Waals surface area contributed by atoms with Gasteiger partial charge in [-0.3, -0.25) is 9.59 Å². The van der Waals surface area contributed by atoms with Gasteiger partial charge in [-0.2, -0.15) is 0 Å². The van der Waals surface area contributed by atoms with Crippen molar-refractivity contribution in [1.29, 1.82) is 0 Å². The van der Waals surface area contributed by atoms with Crippen LogP contribution in [0.4, 0.5) is 0 Å². The predicted octanol–water partition coefficient (Wildman–Crippen LogP) is 4.30. The van der Waals surface area contributed by atoms with Gasteiger partial charge in [-0.25, -0.2) is 0 Å². The molecule has 2 aromatic carbocycles. The van der Waals surface area contributed by atoms with E-state index in [0.29, 0.717) is 23.0 Å². The van der Waals surface area contributed by atoms with E-state index >= 15 is 0 Å². The number of benzene rings is 2. The molecule has 0 spiro atoms. The molecule has 3 rings (SSSR count). The average molecular weight is 392 g/mol. The number of ether oxygens (including phenoxy) is 1. The number of hydrogen-bond acceptors (Lipinski definition) is 3. The number of carbonyl (C=O) groups excluding carboxylic acids is 2. The van der Waals surface area contributed by atoms with Gasteiger partial charge in [0.15, 0.2) is 0 Å². The maximum Gasteiger partial charge on any atom is 0.307 e. The molecule has 1 saturated heterocycles. The van der Waals surface area contributed by atoms with E-state index in [-0.39, 0.29) is 18.3 Å². The Morgan fingerprint density at radius 2 is 1.65 bits per heavy atom. The highest BCUT2D eigenvalue weighted by atomic mass is 35.5. The van der Waals surface area contributed by atoms with Crippen molar-refractivity contribution in [1.82, 2.24) is 4.90 Å². The third-order valence-electron chi connectivity index (χ3n) is 4.55. The Bertz CT molecular complexity index is 790. The zero-order chi connectivity index (χ0) is 18.7. The van der Waals surface area contributed by atoms with Gasteiger partial charge in [0, 0.05) is 23.6 Å². The number of carbonyl (C=O) groups is 2. The summed E-state index contributed by atoms with van der Waals surface area (Å²) in [5.41, 5.74) is 1.88. The van der Waals surface area contributed by atoms with Gasteiger partial charge in [0.05, 0.1) is 12.3 Å². The van der Waals surface area contributed by atoms with Crippen LogP contribution in [0.25, 0.3) is 0 Å². The van der Waals surface area contributed by atoms with Gasteiger partial charge in [0.25, 0.3) is 0 Å². The van der Waals surface area contributed by atoms with Gasteiger partial charge in [-0.05, 0) is 41.8 Å². The van der Waals surface area contributed by atoms with Crippen LogP contribution in [0.2, 0.25) is 10.0 Å². The lowest BCUT2D eigenvalue weighted by Gasteiger charge is -2.24. The highest BCUT2D eigenvalue weighted by Gasteiger charge is 2.41. The number of rotatable bonds is 5. The van der Waals surface area contributed by atoms with E-state index < -0.39 is 12.0 Å². The first kappa shape index (κ1) is 18.7. The molecule has 0 radical (unpaired) electrons. The lowest BCUT2D eigenvalue weighted by atomic mass is 9.94. The van der Waals surface area contributed by atoms with Gasteiger partial charge in [-0.1, -0.05) is 47.5 Å². The molecule has 0 bridgehead atoms. The molecule has 26 heavy (non-hydrogen) atoms. The third kappa shape index (κ3) is 4.37. The molecule has 0 aliphatic carbocycles. The largest absolute Gasteiger partial charge is 0.457 e. The molecule has 2 atom stereocenters. The van der Waals surface area contributed by atoms with E-state index in [4.69, 9.17) is 27.9 Å². The normalized spacial score (nSPS) is 19.3. The lowest BCUT2D eigenvalue weighted by Crippen LogP contribution is -2.35. The summed E-state index contributed by atoms with van der Waals surface area (Å²) >= 11 is 11.8. The number of cyclic esters (lactones) is 1. The van der Waals surface area contributed by atoms with Crippen molar-refractivity contribution in [2.45, 2.75) is 18.9 Å². The molecule has 1 amide bonds. The van der Waals surface area contributed by atoms with Crippen LogP contribution in [0.15, 0.2) is 48.5 Å². The molecule has 1 heterocycles. The molecule has 1 unspecified atom stereocenters. The highest BCUT2D eigenvalue weighted by molar-refractivity contribution is 6.30. The standard InChI is InChI=1S/C20H19Cl2NO3/c1-23(11-10-13-2-6-15(21)7-3-13)20(25)17-12-18(24)26-19(17)14-4-8-16(22)9-5-14/h2-9,17,19H,10-12H2,1H3/t17-,19?/m1/s1. The maximum atomic E-state index is 12.9. The molecular formula is C20H19Cl2NO3. The number of esters is 1. The highest BCUT2D eigenvalue weighted by Crippen LogP contribution is 2.36. The zero-order valence-electron chi connectivity index (χ0n) is 14.3. The number of amides is 1. The van der Waals surface area contributed by atoms with Gasteiger partial charge in [-0.15, -0.1) is 0 Å². The lowest BCUT2D eigenvalue weighted by molar-refractivity contribution is -0.142. The van der Waals surface area contributed by atoms with Gasteiger partial charge >= 0.3 is 5.97 Å².